The molecular weight excluding hydrogens is 225 g/mol. The zero-order valence-corrected chi connectivity index (χ0v) is 9.43. The first kappa shape index (κ1) is 12.0. The number of hydrogen-bond acceptors (Lipinski definition) is 3. The van der Waals surface area contributed by atoms with Gasteiger partial charge in [-0.15, -0.1) is 0 Å². The van der Waals surface area contributed by atoms with Crippen molar-refractivity contribution < 1.29 is 19.4 Å². The Bertz CT molecular complexity index is 439. The van der Waals surface area contributed by atoms with Crippen molar-refractivity contribution in [2.45, 2.75) is 19.1 Å². The maximum absolute atomic E-state index is 13.7. The fraction of sp³-hybridized carbons (Fsp3) is 0.417. The summed E-state index contributed by atoms with van der Waals surface area (Å²) < 4.78 is 13.7. The molecule has 1 aromatic carbocycles. The first-order valence-electron chi connectivity index (χ1n) is 5.41. The van der Waals surface area contributed by atoms with Gasteiger partial charge in [-0.2, -0.15) is 0 Å². The van der Waals surface area contributed by atoms with Crippen molar-refractivity contribution in [3.05, 3.63) is 35.1 Å². The highest BCUT2D eigenvalue weighted by molar-refractivity contribution is 5.95. The number of aryl methyl sites for hydroxylation is 1. The van der Waals surface area contributed by atoms with Gasteiger partial charge in [0.2, 0.25) is 0 Å². The van der Waals surface area contributed by atoms with Crippen LogP contribution in [0.15, 0.2) is 18.2 Å². The van der Waals surface area contributed by atoms with E-state index in [1.165, 1.54) is 11.0 Å². The Morgan fingerprint density at radius 1 is 1.35 bits per heavy atom. The summed E-state index contributed by atoms with van der Waals surface area (Å²) in [6.45, 7) is 1.65. The van der Waals surface area contributed by atoms with Crippen LogP contribution in [0, 0.1) is 12.7 Å². The van der Waals surface area contributed by atoms with E-state index in [1.807, 2.05) is 0 Å². The van der Waals surface area contributed by atoms with E-state index in [-0.39, 0.29) is 18.7 Å². The molecule has 2 unspecified atom stereocenters. The lowest BCUT2D eigenvalue weighted by Gasteiger charge is -2.16. The molecule has 4 nitrogen and oxygen atoms in total. The van der Waals surface area contributed by atoms with E-state index in [0.717, 1.165) is 0 Å². The van der Waals surface area contributed by atoms with E-state index in [4.69, 9.17) is 0 Å². The third-order valence-electron chi connectivity index (χ3n) is 2.97. The molecule has 1 saturated heterocycles. The third-order valence-corrected chi connectivity index (χ3v) is 2.97. The van der Waals surface area contributed by atoms with Crippen molar-refractivity contribution in [2.24, 2.45) is 0 Å². The number of aliphatic hydroxyl groups excluding tert-OH is 2. The van der Waals surface area contributed by atoms with E-state index in [1.54, 1.807) is 19.1 Å². The summed E-state index contributed by atoms with van der Waals surface area (Å²) in [6.07, 6.45) is -1.90. The number of β-amino-alcohol motifs (C(OH)–C–C–N with tert-alkyl or cyclic N) is 2. The van der Waals surface area contributed by atoms with Crippen molar-refractivity contribution in [3.63, 3.8) is 0 Å². The molecule has 2 atom stereocenters. The number of halogens is 1. The van der Waals surface area contributed by atoms with Gasteiger partial charge in [-0.05, 0) is 18.6 Å². The molecule has 5 heteroatoms. The molecule has 0 aromatic heterocycles. The predicted molar refractivity (Wildman–Crippen MR) is 59.1 cm³/mol. The molecule has 1 aliphatic heterocycles. The van der Waals surface area contributed by atoms with Crippen LogP contribution in [0.25, 0.3) is 0 Å². The van der Waals surface area contributed by atoms with Crippen molar-refractivity contribution in [3.8, 4) is 0 Å². The number of amides is 1. The van der Waals surface area contributed by atoms with Gasteiger partial charge < -0.3 is 15.1 Å². The van der Waals surface area contributed by atoms with Crippen LogP contribution in [0.2, 0.25) is 0 Å². The number of aliphatic hydroxyl groups is 2. The summed E-state index contributed by atoms with van der Waals surface area (Å²) in [7, 11) is 0. The molecule has 2 N–H and O–H groups in total. The SMILES string of the molecule is Cc1cccc(C(=O)N2CC(O)C(O)C2)c1F. The fourth-order valence-electron chi connectivity index (χ4n) is 1.92. The number of carbonyl (C=O) groups is 1. The van der Waals surface area contributed by atoms with Crippen LogP contribution in [-0.2, 0) is 0 Å². The van der Waals surface area contributed by atoms with Gasteiger partial charge in [-0.25, -0.2) is 4.39 Å². The molecular formula is C12H14FNO3. The molecule has 1 aromatic rings. The average molecular weight is 239 g/mol. The van der Waals surface area contributed by atoms with Crippen LogP contribution in [0.1, 0.15) is 15.9 Å². The van der Waals surface area contributed by atoms with Crippen LogP contribution < -0.4 is 0 Å². The number of carbonyl (C=O) groups excluding carboxylic acids is 1. The number of rotatable bonds is 1. The highest BCUT2D eigenvalue weighted by Gasteiger charge is 2.33. The zero-order valence-electron chi connectivity index (χ0n) is 9.43. The van der Waals surface area contributed by atoms with Crippen molar-refractivity contribution in [1.29, 1.82) is 0 Å². The standard InChI is InChI=1S/C12H14FNO3/c1-7-3-2-4-8(11(7)13)12(17)14-5-9(15)10(16)6-14/h2-4,9-10,15-16H,5-6H2,1H3. The summed E-state index contributed by atoms with van der Waals surface area (Å²) in [6, 6.07) is 4.59. The number of benzene rings is 1. The third kappa shape index (κ3) is 2.16. The number of hydrogen-bond donors (Lipinski definition) is 2. The van der Waals surface area contributed by atoms with Crippen LogP contribution in [-0.4, -0.2) is 46.3 Å². The van der Waals surface area contributed by atoms with E-state index < -0.39 is 23.9 Å². The Hall–Kier alpha value is -1.46. The largest absolute Gasteiger partial charge is 0.388 e. The minimum Gasteiger partial charge on any atom is -0.388 e. The molecule has 0 spiro atoms. The molecule has 0 saturated carbocycles. The topological polar surface area (TPSA) is 60.8 Å². The van der Waals surface area contributed by atoms with Gasteiger partial charge in [0, 0.05) is 13.1 Å². The van der Waals surface area contributed by atoms with E-state index in [2.05, 4.69) is 0 Å². The fourth-order valence-corrected chi connectivity index (χ4v) is 1.92. The number of nitrogens with zero attached hydrogens (tertiary/aromatic N) is 1. The first-order valence-corrected chi connectivity index (χ1v) is 5.41. The van der Waals surface area contributed by atoms with Gasteiger partial charge in [0.1, 0.15) is 5.82 Å². The Morgan fingerprint density at radius 2 is 1.94 bits per heavy atom. The van der Waals surface area contributed by atoms with Gasteiger partial charge in [0.05, 0.1) is 17.8 Å². The van der Waals surface area contributed by atoms with Crippen molar-refractivity contribution in [1.82, 2.24) is 4.90 Å². The summed E-state index contributed by atoms with van der Waals surface area (Å²) in [5.41, 5.74) is 0.377. The van der Waals surface area contributed by atoms with Gasteiger partial charge in [-0.1, -0.05) is 12.1 Å². The lowest BCUT2D eigenvalue weighted by molar-refractivity contribution is 0.0572. The molecule has 1 heterocycles. The van der Waals surface area contributed by atoms with E-state index >= 15 is 0 Å². The van der Waals surface area contributed by atoms with Gasteiger partial charge in [0.15, 0.2) is 0 Å². The summed E-state index contributed by atoms with van der Waals surface area (Å²) in [4.78, 5) is 13.2. The minimum atomic E-state index is -0.952. The monoisotopic (exact) mass is 239 g/mol. The molecule has 92 valence electrons. The second kappa shape index (κ2) is 4.43. The Balaban J connectivity index is 2.24. The van der Waals surface area contributed by atoms with Crippen molar-refractivity contribution in [2.75, 3.05) is 13.1 Å². The van der Waals surface area contributed by atoms with Crippen LogP contribution in [0.4, 0.5) is 4.39 Å². The molecule has 2 rings (SSSR count). The highest BCUT2D eigenvalue weighted by Crippen LogP contribution is 2.18. The second-order valence-electron chi connectivity index (χ2n) is 4.28. The molecule has 0 radical (unpaired) electrons. The van der Waals surface area contributed by atoms with E-state index in [9.17, 15) is 19.4 Å². The summed E-state index contributed by atoms with van der Waals surface area (Å²) in [5, 5.41) is 18.7. The molecule has 1 amide bonds. The Labute approximate surface area is 98.3 Å². The number of likely N-dealkylation sites (tertiary alicyclic amines) is 1. The first-order chi connectivity index (χ1) is 8.00. The van der Waals surface area contributed by atoms with Gasteiger partial charge >= 0.3 is 0 Å². The smallest absolute Gasteiger partial charge is 0.257 e. The average Bonchev–Trinajstić information content (AvgIpc) is 2.62. The lowest BCUT2D eigenvalue weighted by atomic mass is 10.1. The summed E-state index contributed by atoms with van der Waals surface area (Å²) >= 11 is 0. The predicted octanol–water partition coefficient (Wildman–Crippen LogP) is 0.312. The highest BCUT2D eigenvalue weighted by atomic mass is 19.1. The zero-order chi connectivity index (χ0) is 12.6. The minimum absolute atomic E-state index is 0.0219. The maximum atomic E-state index is 13.7. The van der Waals surface area contributed by atoms with Crippen LogP contribution in [0.3, 0.4) is 0 Å². The molecule has 0 bridgehead atoms. The molecule has 1 aliphatic rings. The van der Waals surface area contributed by atoms with Crippen LogP contribution in [0.5, 0.6) is 0 Å². The van der Waals surface area contributed by atoms with Crippen molar-refractivity contribution >= 4 is 5.91 Å². The lowest BCUT2D eigenvalue weighted by Crippen LogP contribution is -2.30. The van der Waals surface area contributed by atoms with Gasteiger partial charge in [0.25, 0.3) is 5.91 Å². The Morgan fingerprint density at radius 3 is 2.53 bits per heavy atom. The molecule has 17 heavy (non-hydrogen) atoms. The second-order valence-corrected chi connectivity index (χ2v) is 4.28. The van der Waals surface area contributed by atoms with Crippen LogP contribution >= 0.6 is 0 Å². The quantitative estimate of drug-likeness (QED) is 0.741. The maximum Gasteiger partial charge on any atom is 0.257 e. The Kier molecular flexibility index (Phi) is 3.13. The van der Waals surface area contributed by atoms with E-state index in [0.29, 0.717) is 5.56 Å². The van der Waals surface area contributed by atoms with Gasteiger partial charge in [-0.3, -0.25) is 4.79 Å². The normalized spacial score (nSPS) is 24.1. The molecule has 1 fully saturated rings. The summed E-state index contributed by atoms with van der Waals surface area (Å²) in [5.74, 6) is -1.05. The molecule has 0 aliphatic carbocycles.